The number of rotatable bonds is 18. The summed E-state index contributed by atoms with van der Waals surface area (Å²) in [5.41, 5.74) is 3.16. The van der Waals surface area contributed by atoms with E-state index < -0.39 is 0 Å². The van der Waals surface area contributed by atoms with E-state index in [-0.39, 0.29) is 0 Å². The van der Waals surface area contributed by atoms with Crippen molar-refractivity contribution in [3.05, 3.63) is 30.0 Å². The van der Waals surface area contributed by atoms with Gasteiger partial charge in [0.05, 0.1) is 13.2 Å². The quantitative estimate of drug-likeness (QED) is 0.106. The van der Waals surface area contributed by atoms with Crippen molar-refractivity contribution in [2.45, 2.75) is 90.4 Å². The van der Waals surface area contributed by atoms with Gasteiger partial charge in [0.2, 0.25) is 0 Å². The van der Waals surface area contributed by atoms with Crippen molar-refractivity contribution in [1.29, 1.82) is 0 Å². The van der Waals surface area contributed by atoms with E-state index in [4.69, 9.17) is 16.3 Å². The number of allylic oxidation sites excluding steroid dienone is 1. The third kappa shape index (κ3) is 21.5. The summed E-state index contributed by atoms with van der Waals surface area (Å²) in [6, 6.07) is 0. The molecule has 0 radical (unpaired) electrons. The Bertz CT molecular complexity index is 316. The van der Waals surface area contributed by atoms with Crippen LogP contribution in [0.1, 0.15) is 90.4 Å². The molecule has 0 amide bonds. The SMILES string of the molecule is CCCCCCCCCCCC=CCOCCC=C=CCCCCl. The third-order valence-corrected chi connectivity index (χ3v) is 4.25. The molecule has 0 fully saturated rings. The zero-order valence-corrected chi connectivity index (χ0v) is 16.7. The average Bonchev–Trinajstić information content (AvgIpc) is 2.60. The highest BCUT2D eigenvalue weighted by atomic mass is 35.5. The van der Waals surface area contributed by atoms with Gasteiger partial charge in [-0.1, -0.05) is 70.4 Å². The fourth-order valence-electron chi connectivity index (χ4n) is 2.48. The molecule has 0 aromatic heterocycles. The zero-order valence-electron chi connectivity index (χ0n) is 15.9. The predicted molar refractivity (Wildman–Crippen MR) is 109 cm³/mol. The van der Waals surface area contributed by atoms with Crippen molar-refractivity contribution in [2.75, 3.05) is 19.1 Å². The molecule has 0 atom stereocenters. The van der Waals surface area contributed by atoms with Crippen molar-refractivity contribution in [3.8, 4) is 0 Å². The van der Waals surface area contributed by atoms with E-state index in [2.05, 4.69) is 24.8 Å². The Labute approximate surface area is 156 Å². The van der Waals surface area contributed by atoms with Gasteiger partial charge in [-0.25, -0.2) is 0 Å². The van der Waals surface area contributed by atoms with Crippen LogP contribution in [0, 0.1) is 0 Å². The molecule has 0 heterocycles. The summed E-state index contributed by atoms with van der Waals surface area (Å²) in [5, 5.41) is 0. The van der Waals surface area contributed by atoms with Crippen LogP contribution in [0.4, 0.5) is 0 Å². The number of hydrogen-bond acceptors (Lipinski definition) is 1. The molecule has 0 saturated heterocycles. The number of alkyl halides is 1. The lowest BCUT2D eigenvalue weighted by atomic mass is 10.1. The Balaban J connectivity index is 3.17. The summed E-state index contributed by atoms with van der Waals surface area (Å²) in [6.45, 7) is 3.79. The molecule has 0 spiro atoms. The lowest BCUT2D eigenvalue weighted by Gasteiger charge is -2.00. The molecule has 140 valence electrons. The topological polar surface area (TPSA) is 9.23 Å². The Morgan fingerprint density at radius 1 is 0.750 bits per heavy atom. The minimum Gasteiger partial charge on any atom is -0.377 e. The molecule has 0 bridgehead atoms. The Hall–Kier alpha value is -0.490. The van der Waals surface area contributed by atoms with Crippen LogP contribution in [-0.4, -0.2) is 19.1 Å². The van der Waals surface area contributed by atoms with E-state index in [0.717, 1.165) is 38.4 Å². The van der Waals surface area contributed by atoms with E-state index in [1.54, 1.807) is 0 Å². The maximum atomic E-state index is 5.60. The van der Waals surface area contributed by atoms with E-state index >= 15 is 0 Å². The van der Waals surface area contributed by atoms with Gasteiger partial charge in [0.1, 0.15) is 0 Å². The second-order valence-corrected chi connectivity index (χ2v) is 6.74. The second-order valence-electron chi connectivity index (χ2n) is 6.36. The van der Waals surface area contributed by atoms with Crippen LogP contribution in [-0.2, 0) is 4.74 Å². The summed E-state index contributed by atoms with van der Waals surface area (Å²) in [5.74, 6) is 0.729. The molecule has 2 heteroatoms. The van der Waals surface area contributed by atoms with Gasteiger partial charge in [0, 0.05) is 5.88 Å². The molecule has 0 unspecified atom stereocenters. The van der Waals surface area contributed by atoms with Crippen molar-refractivity contribution in [2.24, 2.45) is 0 Å². The van der Waals surface area contributed by atoms with Crippen molar-refractivity contribution in [3.63, 3.8) is 0 Å². The minimum atomic E-state index is 0.729. The first-order valence-corrected chi connectivity index (χ1v) is 10.6. The van der Waals surface area contributed by atoms with Gasteiger partial charge in [-0.05, 0) is 44.3 Å². The first kappa shape index (κ1) is 23.5. The van der Waals surface area contributed by atoms with Crippen molar-refractivity contribution < 1.29 is 4.74 Å². The molecule has 0 aromatic carbocycles. The van der Waals surface area contributed by atoms with E-state index in [0.29, 0.717) is 0 Å². The summed E-state index contributed by atoms with van der Waals surface area (Å²) in [6.07, 6.45) is 25.3. The molecular formula is C22H39ClO. The normalized spacial score (nSPS) is 10.9. The van der Waals surface area contributed by atoms with Crippen LogP contribution in [0.15, 0.2) is 30.0 Å². The van der Waals surface area contributed by atoms with Gasteiger partial charge >= 0.3 is 0 Å². The summed E-state index contributed by atoms with van der Waals surface area (Å²) in [7, 11) is 0. The molecule has 0 aromatic rings. The predicted octanol–water partition coefficient (Wildman–Crippen LogP) is 7.60. The summed E-state index contributed by atoms with van der Waals surface area (Å²) < 4.78 is 5.56. The summed E-state index contributed by atoms with van der Waals surface area (Å²) in [4.78, 5) is 0. The molecule has 0 aliphatic carbocycles. The smallest absolute Gasteiger partial charge is 0.0647 e. The van der Waals surface area contributed by atoms with Gasteiger partial charge in [-0.2, -0.15) is 0 Å². The fourth-order valence-corrected chi connectivity index (χ4v) is 2.64. The standard InChI is InChI=1S/C22H39ClO/c1-2-3-4-5-6-7-8-9-10-12-15-18-21-24-22-19-16-13-11-14-17-20-23/h11,15-16,18H,2-10,12,14,17,19-22H2,1H3. The maximum absolute atomic E-state index is 5.60. The van der Waals surface area contributed by atoms with Crippen molar-refractivity contribution in [1.82, 2.24) is 0 Å². The lowest BCUT2D eigenvalue weighted by Crippen LogP contribution is -1.92. The highest BCUT2D eigenvalue weighted by molar-refractivity contribution is 6.17. The van der Waals surface area contributed by atoms with E-state index in [9.17, 15) is 0 Å². The van der Waals surface area contributed by atoms with Crippen LogP contribution in [0.3, 0.4) is 0 Å². The minimum absolute atomic E-state index is 0.729. The molecule has 0 rings (SSSR count). The molecule has 0 aliphatic rings. The van der Waals surface area contributed by atoms with Crippen molar-refractivity contribution >= 4 is 11.6 Å². The van der Waals surface area contributed by atoms with Gasteiger partial charge in [-0.15, -0.1) is 17.3 Å². The lowest BCUT2D eigenvalue weighted by molar-refractivity contribution is 0.167. The molecule has 0 saturated carbocycles. The molecular weight excluding hydrogens is 316 g/mol. The molecule has 0 N–H and O–H groups in total. The van der Waals surface area contributed by atoms with Gasteiger partial charge in [0.15, 0.2) is 0 Å². The first-order chi connectivity index (χ1) is 11.9. The Morgan fingerprint density at radius 2 is 1.42 bits per heavy atom. The van der Waals surface area contributed by atoms with Gasteiger partial charge < -0.3 is 4.74 Å². The monoisotopic (exact) mass is 354 g/mol. The molecule has 1 nitrogen and oxygen atoms in total. The van der Waals surface area contributed by atoms with Crippen LogP contribution in [0.2, 0.25) is 0 Å². The number of hydrogen-bond donors (Lipinski definition) is 0. The fraction of sp³-hybridized carbons (Fsp3) is 0.773. The Kier molecular flexibility index (Phi) is 22.1. The Morgan fingerprint density at radius 3 is 2.12 bits per heavy atom. The number of halogens is 1. The van der Waals surface area contributed by atoms with Gasteiger partial charge in [0.25, 0.3) is 0 Å². The van der Waals surface area contributed by atoms with Crippen LogP contribution in [0.5, 0.6) is 0 Å². The van der Waals surface area contributed by atoms with Crippen LogP contribution >= 0.6 is 11.6 Å². The molecule has 0 aliphatic heterocycles. The summed E-state index contributed by atoms with van der Waals surface area (Å²) >= 11 is 5.60. The van der Waals surface area contributed by atoms with E-state index in [1.165, 1.54) is 64.2 Å². The highest BCUT2D eigenvalue weighted by Gasteiger charge is 1.91. The van der Waals surface area contributed by atoms with Gasteiger partial charge in [-0.3, -0.25) is 0 Å². The average molecular weight is 355 g/mol. The van der Waals surface area contributed by atoms with Crippen LogP contribution in [0.25, 0.3) is 0 Å². The van der Waals surface area contributed by atoms with E-state index in [1.807, 2.05) is 12.2 Å². The zero-order chi connectivity index (χ0) is 17.6. The maximum Gasteiger partial charge on any atom is 0.0647 e. The van der Waals surface area contributed by atoms with Crippen LogP contribution < -0.4 is 0 Å². The molecule has 24 heavy (non-hydrogen) atoms. The number of ether oxygens (including phenoxy) is 1. The first-order valence-electron chi connectivity index (χ1n) is 10.1. The third-order valence-electron chi connectivity index (χ3n) is 3.98. The number of unbranched alkanes of at least 4 members (excludes halogenated alkanes) is 10. The largest absolute Gasteiger partial charge is 0.377 e. The highest BCUT2D eigenvalue weighted by Crippen LogP contribution is 2.10. The second kappa shape index (κ2) is 22.5.